The molecule has 2 heterocycles. The Morgan fingerprint density at radius 1 is 0.812 bits per heavy atom. The molecule has 0 N–H and O–H groups in total. The molecule has 32 heavy (non-hydrogen) atoms. The van der Waals surface area contributed by atoms with Gasteiger partial charge in [-0.3, -0.25) is 33.8 Å². The van der Waals surface area contributed by atoms with Crippen LogP contribution in [0.3, 0.4) is 0 Å². The van der Waals surface area contributed by atoms with Gasteiger partial charge in [-0.1, -0.05) is 42.5 Å². The van der Waals surface area contributed by atoms with Gasteiger partial charge in [0.05, 0.1) is 11.8 Å². The normalized spacial score (nSPS) is 28.8. The van der Waals surface area contributed by atoms with Crippen LogP contribution in [0.15, 0.2) is 42.5 Å². The molecule has 1 saturated carbocycles. The molecule has 8 nitrogen and oxygen atoms in total. The summed E-state index contributed by atoms with van der Waals surface area (Å²) >= 11 is 0. The Morgan fingerprint density at radius 2 is 1.41 bits per heavy atom. The molecule has 4 aliphatic rings. The Morgan fingerprint density at radius 3 is 2.00 bits per heavy atom. The van der Waals surface area contributed by atoms with Crippen molar-refractivity contribution in [3.05, 3.63) is 48.0 Å². The molecule has 4 atom stereocenters. The van der Waals surface area contributed by atoms with Crippen molar-refractivity contribution in [2.75, 3.05) is 26.2 Å². The van der Waals surface area contributed by atoms with E-state index in [4.69, 9.17) is 0 Å². The fourth-order valence-corrected chi connectivity index (χ4v) is 5.55. The van der Waals surface area contributed by atoms with Gasteiger partial charge in [0.15, 0.2) is 0 Å². The van der Waals surface area contributed by atoms with E-state index in [0.717, 1.165) is 12.0 Å². The van der Waals surface area contributed by atoms with Crippen LogP contribution in [-0.4, -0.2) is 70.4 Å². The molecule has 0 radical (unpaired) electrons. The second-order valence-electron chi connectivity index (χ2n) is 9.00. The van der Waals surface area contributed by atoms with Crippen LogP contribution in [0.25, 0.3) is 0 Å². The van der Waals surface area contributed by atoms with E-state index >= 15 is 0 Å². The summed E-state index contributed by atoms with van der Waals surface area (Å²) < 4.78 is 0. The number of fused-ring (bicyclic) bond motifs is 5. The minimum atomic E-state index is -0.406. The first-order valence-corrected chi connectivity index (χ1v) is 11.1. The minimum Gasteiger partial charge on any atom is -0.324 e. The van der Waals surface area contributed by atoms with Crippen LogP contribution >= 0.6 is 0 Å². The highest BCUT2D eigenvalue weighted by Crippen LogP contribution is 2.52. The van der Waals surface area contributed by atoms with E-state index in [2.05, 4.69) is 0 Å². The third kappa shape index (κ3) is 3.43. The molecule has 0 unspecified atom stereocenters. The number of carbonyl (C=O) groups is 5. The predicted molar refractivity (Wildman–Crippen MR) is 113 cm³/mol. The average molecular weight is 435 g/mol. The third-order valence-electron chi connectivity index (χ3n) is 7.18. The first-order valence-electron chi connectivity index (χ1n) is 11.1. The number of piperazine rings is 1. The van der Waals surface area contributed by atoms with Crippen molar-refractivity contribution in [3.8, 4) is 0 Å². The Hall–Kier alpha value is -3.29. The Labute approximate surface area is 185 Å². The summed E-state index contributed by atoms with van der Waals surface area (Å²) in [6.07, 6.45) is 5.40. The highest BCUT2D eigenvalue weighted by atomic mass is 16.2. The van der Waals surface area contributed by atoms with Crippen LogP contribution in [0.4, 0.5) is 0 Å². The highest BCUT2D eigenvalue weighted by Gasteiger charge is 2.59. The summed E-state index contributed by atoms with van der Waals surface area (Å²) in [6, 6.07) is 9.58. The van der Waals surface area contributed by atoms with Crippen molar-refractivity contribution in [3.63, 3.8) is 0 Å². The largest absolute Gasteiger partial charge is 0.324 e. The lowest BCUT2D eigenvalue weighted by atomic mass is 9.85. The molecule has 2 bridgehead atoms. The molecular formula is C24H25N3O5. The van der Waals surface area contributed by atoms with E-state index in [1.54, 1.807) is 0 Å². The molecule has 0 spiro atoms. The monoisotopic (exact) mass is 435 g/mol. The fourth-order valence-electron chi connectivity index (χ4n) is 5.55. The predicted octanol–water partition coefficient (Wildman–Crippen LogP) is 0.624. The summed E-state index contributed by atoms with van der Waals surface area (Å²) in [4.78, 5) is 66.8. The van der Waals surface area contributed by atoms with Crippen LogP contribution < -0.4 is 0 Å². The van der Waals surface area contributed by atoms with E-state index < -0.39 is 17.7 Å². The highest BCUT2D eigenvalue weighted by molar-refractivity contribution is 6.07. The lowest BCUT2D eigenvalue weighted by molar-refractivity contribution is -0.157. The average Bonchev–Trinajstić information content (AvgIpc) is 3.46. The molecule has 2 saturated heterocycles. The van der Waals surface area contributed by atoms with Crippen molar-refractivity contribution in [2.24, 2.45) is 23.7 Å². The van der Waals surface area contributed by atoms with E-state index in [1.807, 2.05) is 42.5 Å². The van der Waals surface area contributed by atoms with Gasteiger partial charge in [0, 0.05) is 19.5 Å². The summed E-state index contributed by atoms with van der Waals surface area (Å²) in [5.41, 5.74) is 1.03. The Balaban J connectivity index is 1.14. The second-order valence-corrected chi connectivity index (χ2v) is 9.00. The third-order valence-corrected chi connectivity index (χ3v) is 7.18. The van der Waals surface area contributed by atoms with Crippen LogP contribution in [0.5, 0.6) is 0 Å². The molecule has 5 rings (SSSR count). The maximum absolute atomic E-state index is 12.7. The van der Waals surface area contributed by atoms with Gasteiger partial charge in [-0.05, 0) is 30.2 Å². The van der Waals surface area contributed by atoms with Crippen LogP contribution in [0, 0.1) is 23.7 Å². The molecule has 166 valence electrons. The number of nitrogens with zero attached hydrogens (tertiary/aromatic N) is 3. The van der Waals surface area contributed by atoms with Gasteiger partial charge >= 0.3 is 0 Å². The number of benzene rings is 1. The summed E-state index contributed by atoms with van der Waals surface area (Å²) in [7, 11) is 0. The van der Waals surface area contributed by atoms with Crippen LogP contribution in [0.2, 0.25) is 0 Å². The number of allylic oxidation sites excluding steroid dienone is 2. The molecule has 5 amide bonds. The SMILES string of the molecule is O=C(CCN1C(=O)[C@@H]2[C@H](C1=O)[C@H]1C=C[C@H]2C1)N1CC(=O)N(CCc2ccccc2)C(=O)C1. The van der Waals surface area contributed by atoms with Gasteiger partial charge in [0.25, 0.3) is 0 Å². The number of amides is 5. The standard InChI is InChI=1S/C24H25N3O5/c28-18(9-11-27-23(31)21-16-6-7-17(12-16)22(21)24(27)32)25-13-19(29)26(20(30)14-25)10-8-15-4-2-1-3-5-15/h1-7,16-17,21-22H,8-14H2/t16-,17-,21-,22+/m0/s1. The maximum atomic E-state index is 12.7. The van der Waals surface area contributed by atoms with E-state index in [0.29, 0.717) is 6.42 Å². The zero-order valence-electron chi connectivity index (χ0n) is 17.7. The van der Waals surface area contributed by atoms with E-state index in [1.165, 1.54) is 14.7 Å². The minimum absolute atomic E-state index is 0.000454. The summed E-state index contributed by atoms with van der Waals surface area (Å²) in [5, 5.41) is 0. The molecule has 2 aliphatic carbocycles. The lowest BCUT2D eigenvalue weighted by Crippen LogP contribution is -2.56. The van der Waals surface area contributed by atoms with Gasteiger partial charge in [0.1, 0.15) is 13.1 Å². The number of hydrogen-bond donors (Lipinski definition) is 0. The zero-order valence-corrected chi connectivity index (χ0v) is 17.7. The first-order chi connectivity index (χ1) is 15.4. The maximum Gasteiger partial charge on any atom is 0.248 e. The van der Waals surface area contributed by atoms with Crippen molar-refractivity contribution in [1.29, 1.82) is 0 Å². The molecular weight excluding hydrogens is 410 g/mol. The molecule has 8 heteroatoms. The quantitative estimate of drug-likeness (QED) is 0.482. The molecule has 3 fully saturated rings. The number of imide groups is 2. The smallest absolute Gasteiger partial charge is 0.248 e. The molecule has 1 aromatic rings. The van der Waals surface area contributed by atoms with Gasteiger partial charge in [-0.2, -0.15) is 0 Å². The van der Waals surface area contributed by atoms with Gasteiger partial charge < -0.3 is 4.90 Å². The topological polar surface area (TPSA) is 95.1 Å². The van der Waals surface area contributed by atoms with E-state index in [-0.39, 0.29) is 68.1 Å². The Bertz CT molecular complexity index is 972. The van der Waals surface area contributed by atoms with Crippen LogP contribution in [-0.2, 0) is 30.4 Å². The number of likely N-dealkylation sites (tertiary alicyclic amines) is 1. The van der Waals surface area contributed by atoms with Crippen LogP contribution in [0.1, 0.15) is 18.4 Å². The number of carbonyl (C=O) groups excluding carboxylic acids is 5. The van der Waals surface area contributed by atoms with Gasteiger partial charge in [-0.15, -0.1) is 0 Å². The van der Waals surface area contributed by atoms with Gasteiger partial charge in [0.2, 0.25) is 29.5 Å². The zero-order chi connectivity index (χ0) is 22.4. The molecule has 0 aromatic heterocycles. The second kappa shape index (κ2) is 8.00. The molecule has 2 aliphatic heterocycles. The number of rotatable bonds is 6. The van der Waals surface area contributed by atoms with Crippen molar-refractivity contribution >= 4 is 29.5 Å². The Kier molecular flexibility index (Phi) is 5.15. The fraction of sp³-hybridized carbons (Fsp3) is 0.458. The molecule has 1 aromatic carbocycles. The van der Waals surface area contributed by atoms with Crippen molar-refractivity contribution < 1.29 is 24.0 Å². The number of hydrogen-bond acceptors (Lipinski definition) is 5. The van der Waals surface area contributed by atoms with Crippen molar-refractivity contribution in [1.82, 2.24) is 14.7 Å². The lowest BCUT2D eigenvalue weighted by Gasteiger charge is -2.33. The van der Waals surface area contributed by atoms with E-state index in [9.17, 15) is 24.0 Å². The van der Waals surface area contributed by atoms with Crippen molar-refractivity contribution in [2.45, 2.75) is 19.3 Å². The summed E-state index contributed by atoms with van der Waals surface area (Å²) in [5.74, 6) is -1.92. The summed E-state index contributed by atoms with van der Waals surface area (Å²) in [6.45, 7) is -0.0552. The first kappa shape index (κ1) is 20.6. The van der Waals surface area contributed by atoms with Gasteiger partial charge in [-0.25, -0.2) is 0 Å².